The van der Waals surface area contributed by atoms with E-state index in [2.05, 4.69) is 5.32 Å². The molecule has 2 aromatic rings. The molecule has 2 aromatic carbocycles. The van der Waals surface area contributed by atoms with Crippen LogP contribution in [0, 0.1) is 5.82 Å². The second-order valence-electron chi connectivity index (χ2n) is 6.38. The van der Waals surface area contributed by atoms with Crippen LogP contribution in [-0.4, -0.2) is 47.7 Å². The second kappa shape index (κ2) is 6.00. The first kappa shape index (κ1) is 15.3. The number of nitrogens with zero attached hydrogens (tertiary/aromatic N) is 1. The highest BCUT2D eigenvalue weighted by atomic mass is 19.1. The number of carbonyl (C=O) groups excluding carboxylic acids is 1. The fourth-order valence-electron chi connectivity index (χ4n) is 3.99. The Morgan fingerprint density at radius 1 is 1.17 bits per heavy atom. The van der Waals surface area contributed by atoms with E-state index in [-0.39, 0.29) is 36.3 Å². The summed E-state index contributed by atoms with van der Waals surface area (Å²) in [6.07, 6.45) is 0. The molecular weight excluding hydrogens is 307 g/mol. The van der Waals surface area contributed by atoms with E-state index < -0.39 is 0 Å². The standard InChI is InChI=1S/C19H19FN2O2/c20-15-4-2-1-3-14(15)12-5-7-13(8-6-12)19-16-9-21-10-18(24)22(16)17(19)11-23/h1-8,16-17,19,21,23H,9-11H2/t16-,17-,19+/m1/s1. The van der Waals surface area contributed by atoms with Crippen LogP contribution in [0.4, 0.5) is 4.39 Å². The molecular formula is C19H19FN2O2. The number of piperazine rings is 1. The highest BCUT2D eigenvalue weighted by Gasteiger charge is 2.52. The van der Waals surface area contributed by atoms with Gasteiger partial charge in [-0.05, 0) is 17.2 Å². The van der Waals surface area contributed by atoms with Crippen molar-refractivity contribution in [2.75, 3.05) is 19.7 Å². The first-order valence-corrected chi connectivity index (χ1v) is 8.18. The minimum absolute atomic E-state index is 0.0397. The van der Waals surface area contributed by atoms with Gasteiger partial charge in [0.15, 0.2) is 0 Å². The van der Waals surface area contributed by atoms with Crippen molar-refractivity contribution >= 4 is 5.91 Å². The van der Waals surface area contributed by atoms with Crippen LogP contribution >= 0.6 is 0 Å². The fourth-order valence-corrected chi connectivity index (χ4v) is 3.99. The van der Waals surface area contributed by atoms with Crippen molar-refractivity contribution in [3.05, 3.63) is 59.9 Å². The number of hydrogen-bond acceptors (Lipinski definition) is 3. The van der Waals surface area contributed by atoms with E-state index in [1.54, 1.807) is 17.0 Å². The Hall–Kier alpha value is -2.24. The lowest BCUT2D eigenvalue weighted by Crippen LogP contribution is -2.72. The molecule has 0 unspecified atom stereocenters. The molecule has 4 nitrogen and oxygen atoms in total. The van der Waals surface area contributed by atoms with Gasteiger partial charge in [-0.25, -0.2) is 4.39 Å². The molecule has 4 rings (SSSR count). The summed E-state index contributed by atoms with van der Waals surface area (Å²) in [5.74, 6) is -0.0821. The highest BCUT2D eigenvalue weighted by Crippen LogP contribution is 2.41. The summed E-state index contributed by atoms with van der Waals surface area (Å²) in [5, 5.41) is 12.8. The zero-order valence-electron chi connectivity index (χ0n) is 13.2. The summed E-state index contributed by atoms with van der Waals surface area (Å²) >= 11 is 0. The van der Waals surface area contributed by atoms with E-state index in [4.69, 9.17) is 0 Å². The lowest BCUT2D eigenvalue weighted by molar-refractivity contribution is -0.153. The summed E-state index contributed by atoms with van der Waals surface area (Å²) in [6.45, 7) is 1.04. The minimum Gasteiger partial charge on any atom is -0.394 e. The topological polar surface area (TPSA) is 52.6 Å². The SMILES string of the molecule is O=C1CNC[C@@H]2[C@H](c3ccc(-c4ccccc4F)cc3)[C@@H](CO)N12. The van der Waals surface area contributed by atoms with E-state index in [1.165, 1.54) is 6.07 Å². The van der Waals surface area contributed by atoms with Crippen LogP contribution < -0.4 is 5.32 Å². The molecule has 5 heteroatoms. The van der Waals surface area contributed by atoms with Gasteiger partial charge in [0.2, 0.25) is 5.91 Å². The molecule has 2 saturated heterocycles. The molecule has 124 valence electrons. The summed E-state index contributed by atoms with van der Waals surface area (Å²) < 4.78 is 13.9. The van der Waals surface area contributed by atoms with Gasteiger partial charge in [-0.15, -0.1) is 0 Å². The molecule has 2 N–H and O–H groups in total. The van der Waals surface area contributed by atoms with Gasteiger partial charge in [0.05, 0.1) is 25.2 Å². The van der Waals surface area contributed by atoms with Crippen molar-refractivity contribution in [3.8, 4) is 11.1 Å². The Kier molecular flexibility index (Phi) is 3.82. The van der Waals surface area contributed by atoms with Crippen LogP contribution in [-0.2, 0) is 4.79 Å². The molecule has 0 aromatic heterocycles. The van der Waals surface area contributed by atoms with E-state index in [1.807, 2.05) is 30.3 Å². The van der Waals surface area contributed by atoms with Crippen molar-refractivity contribution in [2.45, 2.75) is 18.0 Å². The van der Waals surface area contributed by atoms with E-state index in [0.717, 1.165) is 17.7 Å². The molecule has 0 radical (unpaired) electrons. The fraction of sp³-hybridized carbons (Fsp3) is 0.316. The predicted octanol–water partition coefficient (Wildman–Crippen LogP) is 1.75. The second-order valence-corrected chi connectivity index (χ2v) is 6.38. The number of hydrogen-bond donors (Lipinski definition) is 2. The lowest BCUT2D eigenvalue weighted by atomic mass is 9.74. The van der Waals surface area contributed by atoms with E-state index in [9.17, 15) is 14.3 Å². The monoisotopic (exact) mass is 326 g/mol. The number of carbonyl (C=O) groups is 1. The Bertz CT molecular complexity index is 756. The van der Waals surface area contributed by atoms with Crippen LogP contribution in [0.25, 0.3) is 11.1 Å². The zero-order chi connectivity index (χ0) is 16.7. The third-order valence-corrected chi connectivity index (χ3v) is 5.13. The van der Waals surface area contributed by atoms with Gasteiger partial charge in [0.25, 0.3) is 0 Å². The van der Waals surface area contributed by atoms with Gasteiger partial charge in [-0.1, -0.05) is 42.5 Å². The quantitative estimate of drug-likeness (QED) is 0.904. The molecule has 0 bridgehead atoms. The molecule has 2 heterocycles. The van der Waals surface area contributed by atoms with Crippen LogP contribution in [0.5, 0.6) is 0 Å². The van der Waals surface area contributed by atoms with Crippen LogP contribution in [0.1, 0.15) is 11.5 Å². The number of aliphatic hydroxyl groups is 1. The van der Waals surface area contributed by atoms with Crippen molar-refractivity contribution in [2.24, 2.45) is 0 Å². The van der Waals surface area contributed by atoms with Crippen molar-refractivity contribution in [3.63, 3.8) is 0 Å². The van der Waals surface area contributed by atoms with Gasteiger partial charge in [0.1, 0.15) is 5.82 Å². The molecule has 0 aliphatic carbocycles. The number of nitrogens with one attached hydrogen (secondary N) is 1. The average molecular weight is 326 g/mol. The van der Waals surface area contributed by atoms with Gasteiger partial charge < -0.3 is 15.3 Å². The van der Waals surface area contributed by atoms with Gasteiger partial charge in [-0.2, -0.15) is 0 Å². The first-order valence-electron chi connectivity index (χ1n) is 8.18. The van der Waals surface area contributed by atoms with E-state index in [0.29, 0.717) is 12.1 Å². The molecule has 2 aliphatic rings. The Labute approximate surface area is 139 Å². The number of aliphatic hydroxyl groups excluding tert-OH is 1. The molecule has 2 fully saturated rings. The van der Waals surface area contributed by atoms with Gasteiger partial charge in [-0.3, -0.25) is 4.79 Å². The minimum atomic E-state index is -0.240. The molecule has 24 heavy (non-hydrogen) atoms. The smallest absolute Gasteiger partial charge is 0.237 e. The van der Waals surface area contributed by atoms with Gasteiger partial charge >= 0.3 is 0 Å². The predicted molar refractivity (Wildman–Crippen MR) is 89.0 cm³/mol. The number of rotatable bonds is 3. The summed E-state index contributed by atoms with van der Waals surface area (Å²) in [4.78, 5) is 13.8. The largest absolute Gasteiger partial charge is 0.394 e. The van der Waals surface area contributed by atoms with Crippen molar-refractivity contribution < 1.29 is 14.3 Å². The molecule has 3 atom stereocenters. The first-order chi connectivity index (χ1) is 11.7. The normalized spacial score (nSPS) is 26.0. The number of fused-ring (bicyclic) bond motifs is 1. The molecule has 0 saturated carbocycles. The van der Waals surface area contributed by atoms with Crippen LogP contribution in [0.2, 0.25) is 0 Å². The Morgan fingerprint density at radius 2 is 1.92 bits per heavy atom. The zero-order valence-corrected chi connectivity index (χ0v) is 13.2. The lowest BCUT2D eigenvalue weighted by Gasteiger charge is -2.57. The maximum Gasteiger partial charge on any atom is 0.237 e. The number of benzene rings is 2. The maximum atomic E-state index is 13.9. The highest BCUT2D eigenvalue weighted by molar-refractivity contribution is 5.81. The Morgan fingerprint density at radius 3 is 2.62 bits per heavy atom. The summed E-state index contributed by atoms with van der Waals surface area (Å²) in [7, 11) is 0. The average Bonchev–Trinajstić information content (AvgIpc) is 2.58. The summed E-state index contributed by atoms with van der Waals surface area (Å²) in [5.41, 5.74) is 2.48. The third kappa shape index (κ3) is 2.32. The number of amides is 1. The van der Waals surface area contributed by atoms with E-state index >= 15 is 0 Å². The van der Waals surface area contributed by atoms with Crippen molar-refractivity contribution in [1.82, 2.24) is 10.2 Å². The van der Waals surface area contributed by atoms with Crippen molar-refractivity contribution in [1.29, 1.82) is 0 Å². The van der Waals surface area contributed by atoms with Crippen LogP contribution in [0.15, 0.2) is 48.5 Å². The number of halogens is 1. The van der Waals surface area contributed by atoms with Crippen LogP contribution in [0.3, 0.4) is 0 Å². The molecule has 0 spiro atoms. The summed E-state index contributed by atoms with van der Waals surface area (Å²) in [6, 6.07) is 14.4. The van der Waals surface area contributed by atoms with Gasteiger partial charge in [0, 0.05) is 18.0 Å². The maximum absolute atomic E-state index is 13.9. The Balaban J connectivity index is 1.61. The molecule has 2 aliphatic heterocycles. The molecule has 1 amide bonds. The third-order valence-electron chi connectivity index (χ3n) is 5.13.